The molecule has 4 aromatic rings. The lowest BCUT2D eigenvalue weighted by molar-refractivity contribution is -0.277. The van der Waals surface area contributed by atoms with E-state index in [0.29, 0.717) is 37.5 Å². The van der Waals surface area contributed by atoms with Gasteiger partial charge in [0.25, 0.3) is 5.91 Å². The number of piperidine rings is 1. The molecule has 5 atom stereocenters. The van der Waals surface area contributed by atoms with Gasteiger partial charge in [-0.05, 0) is 52.8 Å². The van der Waals surface area contributed by atoms with Crippen molar-refractivity contribution in [2.24, 2.45) is 5.92 Å². The third-order valence-electron chi connectivity index (χ3n) is 11.0. The van der Waals surface area contributed by atoms with Gasteiger partial charge < -0.3 is 34.6 Å². The number of hydrogen-bond donors (Lipinski definition) is 3. The van der Waals surface area contributed by atoms with Crippen LogP contribution in [-0.2, 0) is 49.2 Å². The maximum absolute atomic E-state index is 13.2. The maximum atomic E-state index is 13.2. The molecule has 3 saturated heterocycles. The normalized spacial score (nSPS) is 24.1. The summed E-state index contributed by atoms with van der Waals surface area (Å²) in [6, 6.07) is 30.8. The van der Waals surface area contributed by atoms with Gasteiger partial charge in [-0.25, -0.2) is 4.79 Å². The number of alkyl carbamates (subject to hydrolysis) is 1. The van der Waals surface area contributed by atoms with E-state index < -0.39 is 29.9 Å². The second-order valence-electron chi connectivity index (χ2n) is 14.7. The first-order valence-corrected chi connectivity index (χ1v) is 19.1. The van der Waals surface area contributed by atoms with Gasteiger partial charge in [-0.1, -0.05) is 110 Å². The number of amides is 3. The van der Waals surface area contributed by atoms with Crippen LogP contribution < -0.4 is 5.32 Å². The number of rotatable bonds is 11. The number of aliphatic hydroxyl groups is 2. The van der Waals surface area contributed by atoms with Crippen LogP contribution in [0.4, 0.5) is 4.79 Å². The van der Waals surface area contributed by atoms with E-state index in [4.69, 9.17) is 25.8 Å². The van der Waals surface area contributed by atoms with Crippen molar-refractivity contribution >= 4 is 29.5 Å². The van der Waals surface area contributed by atoms with Crippen LogP contribution >= 0.6 is 11.6 Å². The van der Waals surface area contributed by atoms with Gasteiger partial charge in [-0.15, -0.1) is 0 Å². The summed E-state index contributed by atoms with van der Waals surface area (Å²) < 4.78 is 18.6. The lowest BCUT2D eigenvalue weighted by Crippen LogP contribution is -2.49. The van der Waals surface area contributed by atoms with Crippen molar-refractivity contribution < 1.29 is 38.8 Å². The number of aliphatic hydroxyl groups excluding tert-OH is 1. The lowest BCUT2D eigenvalue weighted by Gasteiger charge is -2.45. The fourth-order valence-corrected chi connectivity index (χ4v) is 7.69. The van der Waals surface area contributed by atoms with Crippen molar-refractivity contribution in [2.75, 3.05) is 19.6 Å². The number of carbonyl (C=O) groups is 3. The number of nitrogens with one attached hydrogen (secondary N) is 1. The summed E-state index contributed by atoms with van der Waals surface area (Å²) in [5.41, 5.74) is 4.08. The van der Waals surface area contributed by atoms with Gasteiger partial charge in [0.05, 0.1) is 37.4 Å². The number of likely N-dealkylation sites (tertiary alicyclic amines) is 2. The second kappa shape index (κ2) is 17.0. The van der Waals surface area contributed by atoms with E-state index in [1.54, 1.807) is 0 Å². The summed E-state index contributed by atoms with van der Waals surface area (Å²) in [7, 11) is 0. The molecule has 3 amide bonds. The average Bonchev–Trinajstić information content (AvgIpc) is 3.46. The van der Waals surface area contributed by atoms with E-state index in [0.717, 1.165) is 38.3 Å². The number of imide groups is 1. The molecular weight excluding hydrogens is 722 g/mol. The zero-order valence-corrected chi connectivity index (χ0v) is 31.4. The molecule has 0 aromatic heterocycles. The Morgan fingerprint density at radius 2 is 1.53 bits per heavy atom. The summed E-state index contributed by atoms with van der Waals surface area (Å²) in [6.45, 7) is 4.22. The Kier molecular flexibility index (Phi) is 12.0. The fourth-order valence-electron chi connectivity index (χ4n) is 7.57. The average molecular weight is 768 g/mol. The lowest BCUT2D eigenvalue weighted by atomic mass is 9.84. The molecular formula is C43H46ClN3O8. The molecule has 288 valence electrons. The van der Waals surface area contributed by atoms with Gasteiger partial charge in [0.1, 0.15) is 12.6 Å². The summed E-state index contributed by atoms with van der Waals surface area (Å²) in [5.74, 6) is -0.879. The van der Waals surface area contributed by atoms with E-state index in [1.165, 1.54) is 0 Å². The second-order valence-corrected chi connectivity index (χ2v) is 15.1. The van der Waals surface area contributed by atoms with Crippen molar-refractivity contribution in [3.05, 3.63) is 142 Å². The quantitative estimate of drug-likeness (QED) is 0.153. The Balaban J connectivity index is 1.00. The zero-order chi connectivity index (χ0) is 38.5. The fraction of sp³-hybridized carbons (Fsp3) is 0.372. The minimum absolute atomic E-state index is 0.0167. The van der Waals surface area contributed by atoms with Crippen LogP contribution in [0.2, 0.25) is 5.02 Å². The SMILES string of the molecule is C[C@H]1[C@@H](CN2CCC(O)(c3ccc(Cl)cc3)CC2)O[C@@H](c2ccc(CN3C(=O)CC(NC(=O)OCc4ccccc4)C3=O)cc2)O[C@H]1c1ccc(CO)cc1. The number of benzene rings is 4. The van der Waals surface area contributed by atoms with Gasteiger partial charge in [-0.3, -0.25) is 14.5 Å². The predicted molar refractivity (Wildman–Crippen MR) is 204 cm³/mol. The number of carbonyl (C=O) groups excluding carboxylic acids is 3. The molecule has 0 aliphatic carbocycles. The molecule has 3 aliphatic heterocycles. The van der Waals surface area contributed by atoms with Gasteiger partial charge in [-0.2, -0.15) is 0 Å². The predicted octanol–water partition coefficient (Wildman–Crippen LogP) is 6.16. The molecule has 1 unspecified atom stereocenters. The minimum atomic E-state index is -0.993. The molecule has 3 N–H and O–H groups in total. The van der Waals surface area contributed by atoms with Crippen molar-refractivity contribution in [1.29, 1.82) is 0 Å². The van der Waals surface area contributed by atoms with Gasteiger partial charge in [0, 0.05) is 36.1 Å². The number of nitrogens with zero attached hydrogens (tertiary/aromatic N) is 2. The Labute approximate surface area is 325 Å². The van der Waals surface area contributed by atoms with Crippen molar-refractivity contribution in [3.8, 4) is 0 Å². The third-order valence-corrected chi connectivity index (χ3v) is 11.2. The minimum Gasteiger partial charge on any atom is -0.445 e. The Bertz CT molecular complexity index is 1940. The van der Waals surface area contributed by atoms with Crippen LogP contribution in [0.5, 0.6) is 0 Å². The Morgan fingerprint density at radius 3 is 2.20 bits per heavy atom. The summed E-state index contributed by atoms with van der Waals surface area (Å²) >= 11 is 6.10. The van der Waals surface area contributed by atoms with Crippen LogP contribution in [0.1, 0.15) is 72.0 Å². The largest absolute Gasteiger partial charge is 0.445 e. The Morgan fingerprint density at radius 1 is 0.873 bits per heavy atom. The molecule has 0 spiro atoms. The number of ether oxygens (including phenoxy) is 3. The highest BCUT2D eigenvalue weighted by Crippen LogP contribution is 2.43. The molecule has 55 heavy (non-hydrogen) atoms. The summed E-state index contributed by atoms with van der Waals surface area (Å²) in [4.78, 5) is 41.9. The first-order chi connectivity index (χ1) is 26.6. The standard InChI is InChI=1S/C43H46ClN3O8/c1-28-37(25-46-21-19-43(52,20-22-46)34-15-17-35(44)18-16-34)54-41(55-39(28)32-11-9-30(26-48)10-12-32)33-13-7-29(8-14-33)24-47-38(49)23-36(40(47)50)45-42(51)53-27-31-5-3-2-4-6-31/h2-18,28,36-37,39,41,48,52H,19-27H2,1H3,(H,45,51)/t28-,36?,37+,39+,41+/m0/s1. The number of halogens is 1. The van der Waals surface area contributed by atoms with Crippen molar-refractivity contribution in [1.82, 2.24) is 15.1 Å². The highest BCUT2D eigenvalue weighted by atomic mass is 35.5. The van der Waals surface area contributed by atoms with E-state index in [2.05, 4.69) is 17.1 Å². The molecule has 3 heterocycles. The molecule has 3 fully saturated rings. The molecule has 3 aliphatic rings. The van der Waals surface area contributed by atoms with Crippen LogP contribution in [0.3, 0.4) is 0 Å². The van der Waals surface area contributed by atoms with Gasteiger partial charge >= 0.3 is 6.09 Å². The highest BCUT2D eigenvalue weighted by molar-refractivity contribution is 6.30. The molecule has 0 saturated carbocycles. The van der Waals surface area contributed by atoms with Crippen LogP contribution in [0.15, 0.2) is 103 Å². The molecule has 4 aromatic carbocycles. The first kappa shape index (κ1) is 38.6. The Hall–Kier alpha value is -4.62. The summed E-state index contributed by atoms with van der Waals surface area (Å²) in [6.07, 6.45) is -0.927. The van der Waals surface area contributed by atoms with Crippen molar-refractivity contribution in [3.63, 3.8) is 0 Å². The van der Waals surface area contributed by atoms with Gasteiger partial charge in [0.15, 0.2) is 6.29 Å². The molecule has 0 radical (unpaired) electrons. The van der Waals surface area contributed by atoms with Gasteiger partial charge in [0.2, 0.25) is 5.91 Å². The molecule has 0 bridgehead atoms. The van der Waals surface area contributed by atoms with Crippen LogP contribution in [0, 0.1) is 5.92 Å². The topological polar surface area (TPSA) is 138 Å². The third kappa shape index (κ3) is 9.10. The van der Waals surface area contributed by atoms with Crippen molar-refractivity contribution in [2.45, 2.75) is 76.1 Å². The van der Waals surface area contributed by atoms with E-state index in [9.17, 15) is 24.6 Å². The zero-order valence-electron chi connectivity index (χ0n) is 30.7. The number of hydrogen-bond acceptors (Lipinski definition) is 9. The smallest absolute Gasteiger partial charge is 0.408 e. The van der Waals surface area contributed by atoms with Crippen LogP contribution in [-0.4, -0.2) is 69.7 Å². The van der Waals surface area contributed by atoms with E-state index >= 15 is 0 Å². The molecule has 11 nitrogen and oxygen atoms in total. The maximum Gasteiger partial charge on any atom is 0.408 e. The van der Waals surface area contributed by atoms with Crippen LogP contribution in [0.25, 0.3) is 0 Å². The summed E-state index contributed by atoms with van der Waals surface area (Å²) in [5, 5.41) is 24.3. The highest BCUT2D eigenvalue weighted by Gasteiger charge is 2.42. The molecule has 12 heteroatoms. The monoisotopic (exact) mass is 767 g/mol. The van der Waals surface area contributed by atoms with E-state index in [1.807, 2.05) is 103 Å². The van der Waals surface area contributed by atoms with E-state index in [-0.39, 0.29) is 50.2 Å². The molecule has 7 rings (SSSR count). The first-order valence-electron chi connectivity index (χ1n) is 18.7.